The van der Waals surface area contributed by atoms with Crippen molar-refractivity contribution < 1.29 is 27.4 Å². The van der Waals surface area contributed by atoms with Crippen LogP contribution in [0.15, 0.2) is 47.4 Å². The number of methoxy groups -OCH3 is 1. The Morgan fingerprint density at radius 3 is 2.50 bits per heavy atom. The smallest absolute Gasteiger partial charge is 0.243 e. The molecule has 32 heavy (non-hydrogen) atoms. The molecule has 9 nitrogen and oxygen atoms in total. The molecular weight excluding hydrogens is 434 g/mol. The van der Waals surface area contributed by atoms with E-state index >= 15 is 0 Å². The molecule has 0 unspecified atom stereocenters. The normalized spacial score (nSPS) is 17.4. The summed E-state index contributed by atoms with van der Waals surface area (Å²) in [5, 5.41) is 2.88. The Morgan fingerprint density at radius 2 is 1.75 bits per heavy atom. The summed E-state index contributed by atoms with van der Waals surface area (Å²) in [5.74, 6) is 1.73. The number of amides is 1. The Balaban J connectivity index is 1.33. The summed E-state index contributed by atoms with van der Waals surface area (Å²) >= 11 is 0. The highest BCUT2D eigenvalue weighted by atomic mass is 32.2. The van der Waals surface area contributed by atoms with Gasteiger partial charge in [0.1, 0.15) is 19.0 Å². The van der Waals surface area contributed by atoms with Crippen molar-refractivity contribution in [1.82, 2.24) is 9.21 Å². The molecule has 2 aliphatic heterocycles. The van der Waals surface area contributed by atoms with Gasteiger partial charge in [-0.05, 0) is 49.4 Å². The number of ether oxygens (including phenoxy) is 3. The van der Waals surface area contributed by atoms with Crippen LogP contribution < -0.4 is 19.5 Å². The SMILES string of the molecule is COc1ccc(S(=O)(=O)N2CCCN(CC(=O)Nc3ccc4c(c3)OCCO4)CC2)cc1. The molecule has 0 bridgehead atoms. The van der Waals surface area contributed by atoms with Gasteiger partial charge in [0, 0.05) is 31.4 Å². The fourth-order valence-electron chi connectivity index (χ4n) is 3.77. The van der Waals surface area contributed by atoms with Gasteiger partial charge in [0.05, 0.1) is 18.6 Å². The monoisotopic (exact) mass is 461 g/mol. The first-order valence-electron chi connectivity index (χ1n) is 10.5. The fourth-order valence-corrected chi connectivity index (χ4v) is 5.24. The van der Waals surface area contributed by atoms with E-state index < -0.39 is 10.0 Å². The first-order valence-corrected chi connectivity index (χ1v) is 12.0. The van der Waals surface area contributed by atoms with Crippen molar-refractivity contribution in [2.24, 2.45) is 0 Å². The number of fused-ring (bicyclic) bond motifs is 1. The Morgan fingerprint density at radius 1 is 1.00 bits per heavy atom. The van der Waals surface area contributed by atoms with Crippen molar-refractivity contribution in [3.63, 3.8) is 0 Å². The van der Waals surface area contributed by atoms with Crippen LogP contribution in [0.25, 0.3) is 0 Å². The third-order valence-electron chi connectivity index (χ3n) is 5.44. The fraction of sp³-hybridized carbons (Fsp3) is 0.409. The zero-order chi connectivity index (χ0) is 22.6. The third-order valence-corrected chi connectivity index (χ3v) is 7.35. The second kappa shape index (κ2) is 9.76. The molecule has 2 aliphatic rings. The molecule has 0 saturated carbocycles. The van der Waals surface area contributed by atoms with E-state index in [-0.39, 0.29) is 17.3 Å². The molecule has 10 heteroatoms. The zero-order valence-electron chi connectivity index (χ0n) is 18.0. The van der Waals surface area contributed by atoms with Gasteiger partial charge in [-0.1, -0.05) is 0 Å². The Bertz CT molecular complexity index is 1060. The molecule has 0 atom stereocenters. The lowest BCUT2D eigenvalue weighted by Gasteiger charge is -2.22. The van der Waals surface area contributed by atoms with Gasteiger partial charge >= 0.3 is 0 Å². The van der Waals surface area contributed by atoms with Crippen LogP contribution in [0.1, 0.15) is 6.42 Å². The van der Waals surface area contributed by atoms with Crippen molar-refractivity contribution in [3.8, 4) is 17.2 Å². The summed E-state index contributed by atoms with van der Waals surface area (Å²) in [6, 6.07) is 11.7. The van der Waals surface area contributed by atoms with Gasteiger partial charge in [0.25, 0.3) is 0 Å². The number of hydrogen-bond donors (Lipinski definition) is 1. The second-order valence-electron chi connectivity index (χ2n) is 7.62. The number of sulfonamides is 1. The maximum Gasteiger partial charge on any atom is 0.243 e. The minimum atomic E-state index is -3.59. The van der Waals surface area contributed by atoms with Crippen molar-refractivity contribution in [2.45, 2.75) is 11.3 Å². The Hall–Kier alpha value is -2.82. The largest absolute Gasteiger partial charge is 0.497 e. The van der Waals surface area contributed by atoms with Crippen molar-refractivity contribution in [2.75, 3.05) is 58.4 Å². The predicted molar refractivity (Wildman–Crippen MR) is 119 cm³/mol. The second-order valence-corrected chi connectivity index (χ2v) is 9.55. The van der Waals surface area contributed by atoms with Crippen molar-refractivity contribution in [3.05, 3.63) is 42.5 Å². The summed E-state index contributed by atoms with van der Waals surface area (Å²) < 4.78 is 43.6. The summed E-state index contributed by atoms with van der Waals surface area (Å²) in [4.78, 5) is 14.8. The molecule has 0 spiro atoms. The van der Waals surface area contributed by atoms with Gasteiger partial charge in [-0.25, -0.2) is 8.42 Å². The van der Waals surface area contributed by atoms with Crippen molar-refractivity contribution >= 4 is 21.6 Å². The van der Waals surface area contributed by atoms with E-state index in [9.17, 15) is 13.2 Å². The number of benzene rings is 2. The van der Waals surface area contributed by atoms with Gasteiger partial charge in [0.15, 0.2) is 11.5 Å². The molecule has 2 aromatic carbocycles. The third kappa shape index (κ3) is 5.14. The van der Waals surface area contributed by atoms with Crippen LogP contribution in [-0.2, 0) is 14.8 Å². The van der Waals surface area contributed by atoms with Crippen LogP contribution in [0.3, 0.4) is 0 Å². The van der Waals surface area contributed by atoms with Crippen LogP contribution in [0, 0.1) is 0 Å². The lowest BCUT2D eigenvalue weighted by molar-refractivity contribution is -0.117. The Kier molecular flexibility index (Phi) is 6.83. The van der Waals surface area contributed by atoms with Crippen LogP contribution in [0.4, 0.5) is 5.69 Å². The standard InChI is InChI=1S/C22H27N3O6S/c1-29-18-4-6-19(7-5-18)32(27,28)25-10-2-9-24(11-12-25)16-22(26)23-17-3-8-20-21(15-17)31-14-13-30-20/h3-8,15H,2,9-14,16H2,1H3,(H,23,26). The number of carbonyl (C=O) groups excluding carboxylic acids is 1. The molecular formula is C22H27N3O6S. The van der Waals surface area contributed by atoms with Crippen LogP contribution in [0.5, 0.6) is 17.2 Å². The maximum atomic E-state index is 13.0. The van der Waals surface area contributed by atoms with Crippen molar-refractivity contribution in [1.29, 1.82) is 0 Å². The molecule has 0 radical (unpaired) electrons. The average Bonchev–Trinajstić information content (AvgIpc) is 3.05. The van der Waals surface area contributed by atoms with Gasteiger partial charge in [-0.15, -0.1) is 0 Å². The summed E-state index contributed by atoms with van der Waals surface area (Å²) in [6.45, 7) is 3.03. The molecule has 2 aromatic rings. The molecule has 1 fully saturated rings. The quantitative estimate of drug-likeness (QED) is 0.701. The van der Waals surface area contributed by atoms with E-state index in [1.54, 1.807) is 42.5 Å². The summed E-state index contributed by atoms with van der Waals surface area (Å²) in [5.41, 5.74) is 0.637. The molecule has 4 rings (SSSR count). The van der Waals surface area contributed by atoms with E-state index in [2.05, 4.69) is 5.32 Å². The number of rotatable bonds is 6. The first-order chi connectivity index (χ1) is 15.5. The van der Waals surface area contributed by atoms with Crippen LogP contribution in [-0.4, -0.2) is 76.6 Å². The topological polar surface area (TPSA) is 97.4 Å². The molecule has 1 N–H and O–H groups in total. The maximum absolute atomic E-state index is 13.0. The zero-order valence-corrected chi connectivity index (χ0v) is 18.8. The molecule has 0 aromatic heterocycles. The number of hydrogen-bond acceptors (Lipinski definition) is 7. The predicted octanol–water partition coefficient (Wildman–Crippen LogP) is 1.80. The van der Waals surface area contributed by atoms with E-state index in [1.807, 2.05) is 4.90 Å². The Labute approximate surface area is 187 Å². The number of nitrogens with zero attached hydrogens (tertiary/aromatic N) is 2. The number of nitrogens with one attached hydrogen (secondary N) is 1. The van der Waals surface area contributed by atoms with Crippen LogP contribution >= 0.6 is 0 Å². The molecule has 0 aliphatic carbocycles. The van der Waals surface area contributed by atoms with E-state index in [0.717, 1.165) is 0 Å². The highest BCUT2D eigenvalue weighted by Gasteiger charge is 2.27. The molecule has 172 valence electrons. The van der Waals surface area contributed by atoms with Gasteiger partial charge in [0.2, 0.25) is 15.9 Å². The van der Waals surface area contributed by atoms with Crippen LogP contribution in [0.2, 0.25) is 0 Å². The minimum absolute atomic E-state index is 0.159. The highest BCUT2D eigenvalue weighted by molar-refractivity contribution is 7.89. The molecule has 2 heterocycles. The number of carbonyl (C=O) groups is 1. The molecule has 1 amide bonds. The van der Waals surface area contributed by atoms with E-state index in [0.29, 0.717) is 68.7 Å². The van der Waals surface area contributed by atoms with E-state index in [1.165, 1.54) is 11.4 Å². The lowest BCUT2D eigenvalue weighted by Crippen LogP contribution is -2.38. The van der Waals surface area contributed by atoms with E-state index in [4.69, 9.17) is 14.2 Å². The van der Waals surface area contributed by atoms with Gasteiger partial charge in [-0.2, -0.15) is 4.31 Å². The average molecular weight is 462 g/mol. The summed E-state index contributed by atoms with van der Waals surface area (Å²) in [6.07, 6.45) is 0.646. The summed E-state index contributed by atoms with van der Waals surface area (Å²) in [7, 11) is -2.06. The van der Waals surface area contributed by atoms with Gasteiger partial charge in [-0.3, -0.25) is 9.69 Å². The molecule has 1 saturated heterocycles. The highest BCUT2D eigenvalue weighted by Crippen LogP contribution is 2.32. The first kappa shape index (κ1) is 22.4. The lowest BCUT2D eigenvalue weighted by atomic mass is 10.2. The van der Waals surface area contributed by atoms with Gasteiger partial charge < -0.3 is 19.5 Å². The minimum Gasteiger partial charge on any atom is -0.497 e. The number of anilines is 1.